The molecule has 0 saturated carbocycles. The van der Waals surface area contributed by atoms with Crippen molar-refractivity contribution >= 4 is 11.6 Å². The molecule has 2 aromatic heterocycles. The highest BCUT2D eigenvalue weighted by molar-refractivity contribution is 6.16. The number of halogens is 3. The maximum atomic E-state index is 12.6. The Bertz CT molecular complexity index is 470. The molecule has 0 aromatic carbocycles. The summed E-state index contributed by atoms with van der Waals surface area (Å²) in [6.07, 6.45) is 3.17. The Morgan fingerprint density at radius 2 is 2.25 bits per heavy atom. The third-order valence-electron chi connectivity index (χ3n) is 2.09. The van der Waals surface area contributed by atoms with Crippen molar-refractivity contribution < 1.29 is 8.78 Å². The molecule has 2 rings (SSSR count). The molecule has 0 atom stereocenters. The maximum Gasteiger partial charge on any atom is 0.333 e. The molecule has 3 nitrogen and oxygen atoms in total. The second-order valence-corrected chi connectivity index (χ2v) is 3.39. The van der Waals surface area contributed by atoms with Crippen molar-refractivity contribution in [3.63, 3.8) is 0 Å². The van der Waals surface area contributed by atoms with Crippen molar-refractivity contribution in [1.82, 2.24) is 14.8 Å². The Kier molecular flexibility index (Phi) is 3.14. The van der Waals surface area contributed by atoms with Crippen LogP contribution in [0.1, 0.15) is 12.2 Å². The van der Waals surface area contributed by atoms with Gasteiger partial charge in [0, 0.05) is 18.0 Å². The van der Waals surface area contributed by atoms with Crippen LogP contribution in [0.5, 0.6) is 0 Å². The van der Waals surface area contributed by atoms with Gasteiger partial charge in [0.1, 0.15) is 0 Å². The van der Waals surface area contributed by atoms with Crippen LogP contribution in [0.4, 0.5) is 8.78 Å². The molecule has 0 aliphatic carbocycles. The molecule has 0 radical (unpaired) electrons. The third-order valence-corrected chi connectivity index (χ3v) is 2.37. The Morgan fingerprint density at radius 3 is 2.75 bits per heavy atom. The van der Waals surface area contributed by atoms with Gasteiger partial charge in [0.05, 0.1) is 17.3 Å². The lowest BCUT2D eigenvalue weighted by Gasteiger charge is -2.01. The van der Waals surface area contributed by atoms with Gasteiger partial charge in [-0.1, -0.05) is 0 Å². The SMILES string of the molecule is FC(F)n1nc(-c2cccnc2)cc1CCl. The van der Waals surface area contributed by atoms with Gasteiger partial charge < -0.3 is 0 Å². The second-order valence-electron chi connectivity index (χ2n) is 3.12. The van der Waals surface area contributed by atoms with Gasteiger partial charge in [-0.15, -0.1) is 11.6 Å². The van der Waals surface area contributed by atoms with E-state index in [1.807, 2.05) is 0 Å². The van der Waals surface area contributed by atoms with Gasteiger partial charge in [-0.25, -0.2) is 4.68 Å². The predicted octanol–water partition coefficient (Wildman–Crippen LogP) is 3.08. The molecule has 0 unspecified atom stereocenters. The summed E-state index contributed by atoms with van der Waals surface area (Å²) in [5.74, 6) is -0.00238. The molecular formula is C10H8ClF2N3. The number of nitrogens with zero attached hydrogens (tertiary/aromatic N) is 3. The molecule has 84 valence electrons. The highest BCUT2D eigenvalue weighted by atomic mass is 35.5. The average Bonchev–Trinajstić information content (AvgIpc) is 2.74. The Labute approximate surface area is 95.7 Å². The molecule has 0 aliphatic heterocycles. The molecule has 2 aromatic rings. The van der Waals surface area contributed by atoms with E-state index in [9.17, 15) is 8.78 Å². The molecule has 0 saturated heterocycles. The fourth-order valence-corrected chi connectivity index (χ4v) is 1.56. The maximum absolute atomic E-state index is 12.6. The van der Waals surface area contributed by atoms with Crippen LogP contribution in [0.15, 0.2) is 30.6 Å². The smallest absolute Gasteiger partial charge is 0.264 e. The lowest BCUT2D eigenvalue weighted by Crippen LogP contribution is -2.03. The zero-order valence-corrected chi connectivity index (χ0v) is 8.90. The van der Waals surface area contributed by atoms with Gasteiger partial charge in [-0.05, 0) is 18.2 Å². The molecule has 0 aliphatic rings. The van der Waals surface area contributed by atoms with E-state index in [1.54, 1.807) is 24.5 Å². The summed E-state index contributed by atoms with van der Waals surface area (Å²) in [5.41, 5.74) is 1.42. The number of hydrogen-bond acceptors (Lipinski definition) is 2. The molecule has 6 heteroatoms. The van der Waals surface area contributed by atoms with Crippen LogP contribution in [0.25, 0.3) is 11.3 Å². The summed E-state index contributed by atoms with van der Waals surface area (Å²) >= 11 is 5.57. The Balaban J connectivity index is 2.44. The standard InChI is InChI=1S/C10H8ClF2N3/c11-5-8-4-9(15-16(8)10(12)13)7-2-1-3-14-6-7/h1-4,6,10H,5H2. The van der Waals surface area contributed by atoms with Crippen molar-refractivity contribution in [3.8, 4) is 11.3 Å². The fraction of sp³-hybridized carbons (Fsp3) is 0.200. The normalized spacial score (nSPS) is 11.0. The summed E-state index contributed by atoms with van der Waals surface area (Å²) in [7, 11) is 0. The molecule has 0 spiro atoms. The molecule has 2 heterocycles. The minimum Gasteiger partial charge on any atom is -0.264 e. The molecule has 16 heavy (non-hydrogen) atoms. The van der Waals surface area contributed by atoms with Gasteiger partial charge in [-0.3, -0.25) is 4.98 Å². The van der Waals surface area contributed by atoms with E-state index >= 15 is 0 Å². The zero-order chi connectivity index (χ0) is 11.5. The molecular weight excluding hydrogens is 236 g/mol. The summed E-state index contributed by atoms with van der Waals surface area (Å²) in [4.78, 5) is 3.90. The van der Waals surface area contributed by atoms with Crippen molar-refractivity contribution in [2.24, 2.45) is 0 Å². The monoisotopic (exact) mass is 243 g/mol. The van der Waals surface area contributed by atoms with E-state index in [1.165, 1.54) is 6.07 Å². The predicted molar refractivity (Wildman–Crippen MR) is 56.3 cm³/mol. The summed E-state index contributed by atoms with van der Waals surface area (Å²) in [6.45, 7) is -2.68. The number of hydrogen-bond donors (Lipinski definition) is 0. The quantitative estimate of drug-likeness (QED) is 0.776. The molecule has 0 N–H and O–H groups in total. The van der Waals surface area contributed by atoms with Crippen LogP contribution in [0, 0.1) is 0 Å². The van der Waals surface area contributed by atoms with Crippen molar-refractivity contribution in [1.29, 1.82) is 0 Å². The van der Waals surface area contributed by atoms with Gasteiger partial charge >= 0.3 is 6.55 Å². The lowest BCUT2D eigenvalue weighted by atomic mass is 10.2. The highest BCUT2D eigenvalue weighted by Gasteiger charge is 2.15. The first-order chi connectivity index (χ1) is 7.72. The van der Waals surface area contributed by atoms with Crippen LogP contribution in [0.2, 0.25) is 0 Å². The summed E-state index contributed by atoms with van der Waals surface area (Å²) < 4.78 is 25.8. The van der Waals surface area contributed by atoms with Gasteiger partial charge in [0.25, 0.3) is 0 Å². The number of rotatable bonds is 3. The van der Waals surface area contributed by atoms with E-state index in [0.29, 0.717) is 15.9 Å². The number of pyridine rings is 1. The molecule has 0 amide bonds. The van der Waals surface area contributed by atoms with E-state index in [2.05, 4.69) is 10.1 Å². The fourth-order valence-electron chi connectivity index (χ4n) is 1.36. The first-order valence-electron chi connectivity index (χ1n) is 4.55. The summed E-state index contributed by atoms with van der Waals surface area (Å²) in [5, 5.41) is 3.79. The van der Waals surface area contributed by atoms with E-state index in [4.69, 9.17) is 11.6 Å². The third kappa shape index (κ3) is 2.04. The van der Waals surface area contributed by atoms with E-state index in [0.717, 1.165) is 0 Å². The number of alkyl halides is 3. The van der Waals surface area contributed by atoms with Gasteiger partial charge in [-0.2, -0.15) is 13.9 Å². The van der Waals surface area contributed by atoms with Crippen LogP contribution in [0.3, 0.4) is 0 Å². The van der Waals surface area contributed by atoms with Gasteiger partial charge in [0.2, 0.25) is 0 Å². The largest absolute Gasteiger partial charge is 0.333 e. The lowest BCUT2D eigenvalue weighted by molar-refractivity contribution is 0.0544. The minimum absolute atomic E-state index is 0.00238. The van der Waals surface area contributed by atoms with Crippen LogP contribution >= 0.6 is 11.6 Å². The van der Waals surface area contributed by atoms with Crippen LogP contribution in [-0.4, -0.2) is 14.8 Å². The van der Waals surface area contributed by atoms with Crippen molar-refractivity contribution in [2.75, 3.05) is 0 Å². The first kappa shape index (κ1) is 11.0. The zero-order valence-electron chi connectivity index (χ0n) is 8.15. The highest BCUT2D eigenvalue weighted by Crippen LogP contribution is 2.22. The van der Waals surface area contributed by atoms with Crippen LogP contribution in [-0.2, 0) is 5.88 Å². The van der Waals surface area contributed by atoms with Crippen LogP contribution < -0.4 is 0 Å². The van der Waals surface area contributed by atoms with Crippen molar-refractivity contribution in [3.05, 3.63) is 36.3 Å². The van der Waals surface area contributed by atoms with Crippen molar-refractivity contribution in [2.45, 2.75) is 12.4 Å². The average molecular weight is 244 g/mol. The molecule has 0 bridgehead atoms. The minimum atomic E-state index is -2.68. The molecule has 0 fully saturated rings. The first-order valence-corrected chi connectivity index (χ1v) is 5.08. The van der Waals surface area contributed by atoms with E-state index in [-0.39, 0.29) is 11.6 Å². The topological polar surface area (TPSA) is 30.7 Å². The Hall–Kier alpha value is -1.49. The Morgan fingerprint density at radius 1 is 1.44 bits per heavy atom. The summed E-state index contributed by atoms with van der Waals surface area (Å²) in [6, 6.07) is 5.01. The van der Waals surface area contributed by atoms with E-state index < -0.39 is 6.55 Å². The second kappa shape index (κ2) is 4.57. The number of aromatic nitrogens is 3. The van der Waals surface area contributed by atoms with Gasteiger partial charge in [0.15, 0.2) is 0 Å².